The van der Waals surface area contributed by atoms with Crippen molar-refractivity contribution in [1.29, 1.82) is 0 Å². The highest BCUT2D eigenvalue weighted by atomic mass is 32.2. The number of nitrogens with one attached hydrogen (secondary N) is 1. The fraction of sp³-hybridized carbons (Fsp3) is 1.00. The van der Waals surface area contributed by atoms with Gasteiger partial charge < -0.3 is 93.0 Å². The van der Waals surface area contributed by atoms with E-state index in [1.54, 1.807) is 0 Å². The summed E-state index contributed by atoms with van der Waals surface area (Å²) >= 11 is 0. The zero-order valence-corrected chi connectivity index (χ0v) is 28.2. The molecule has 1 saturated carbocycles. The summed E-state index contributed by atoms with van der Waals surface area (Å²) in [5, 5.41) is 65.8. The Balaban J connectivity index is 1.54. The summed E-state index contributed by atoms with van der Waals surface area (Å²) in [6.45, 7) is -0.244. The molecule has 20 nitrogen and oxygen atoms in total. The van der Waals surface area contributed by atoms with Crippen LogP contribution in [0.15, 0.2) is 0 Å². The lowest BCUT2D eigenvalue weighted by molar-refractivity contribution is -0.291. The maximum atomic E-state index is 12.7. The molecule has 0 unspecified atom stereocenters. The summed E-state index contributed by atoms with van der Waals surface area (Å²) in [5.74, 6) is -1.67. The van der Waals surface area contributed by atoms with Crippen LogP contribution in [0.25, 0.3) is 0 Å². The predicted molar refractivity (Wildman–Crippen MR) is 170 cm³/mol. The SMILES string of the molecule is NCCS(=O)(=O)C[C@@H]1C[C@H](N)[C@@H](O[C@H]2O[C@H](CNCCO)CC[C@H]2N)[C@H](O[C@@H]2O[C@H](CO)[C@@H](O[C@H]3O[C@@H](CN)[C@@H](O)[C@H](O)[C@H]3N)[C@H]2O)[C@H]1O. The summed E-state index contributed by atoms with van der Waals surface area (Å²) in [6.07, 6.45) is -15.3. The lowest BCUT2D eigenvalue weighted by Crippen LogP contribution is -2.64. The molecule has 4 aliphatic rings. The Morgan fingerprint density at radius 2 is 1.43 bits per heavy atom. The summed E-state index contributed by atoms with van der Waals surface area (Å²) in [6, 6.07) is -2.75. The van der Waals surface area contributed by atoms with Crippen LogP contribution in [0.5, 0.6) is 0 Å². The fourth-order valence-corrected chi connectivity index (χ4v) is 8.30. The Bertz CT molecular complexity index is 1120. The zero-order chi connectivity index (χ0) is 36.0. The number of ether oxygens (including phenoxy) is 6. The topological polar surface area (TPSA) is 353 Å². The number of aliphatic hydroxyl groups is 6. The van der Waals surface area contributed by atoms with Crippen LogP contribution in [0.2, 0.25) is 0 Å². The molecule has 1 aliphatic carbocycles. The van der Waals surface area contributed by atoms with Gasteiger partial charge in [0.1, 0.15) is 48.8 Å². The summed E-state index contributed by atoms with van der Waals surface area (Å²) in [7, 11) is -3.69. The van der Waals surface area contributed by atoms with E-state index in [1.165, 1.54) is 0 Å². The molecule has 0 aromatic rings. The van der Waals surface area contributed by atoms with Crippen molar-refractivity contribution < 1.29 is 67.5 Å². The lowest BCUT2D eigenvalue weighted by atomic mass is 9.80. The molecular weight excluding hydrogens is 676 g/mol. The van der Waals surface area contributed by atoms with Gasteiger partial charge >= 0.3 is 0 Å². The summed E-state index contributed by atoms with van der Waals surface area (Å²) in [5.41, 5.74) is 30.1. The Kier molecular flexibility index (Phi) is 15.3. The predicted octanol–water partition coefficient (Wildman–Crippen LogP) is -7.55. The minimum absolute atomic E-state index is 0.0193. The summed E-state index contributed by atoms with van der Waals surface area (Å²) in [4.78, 5) is 0. The van der Waals surface area contributed by atoms with Crippen molar-refractivity contribution in [2.24, 2.45) is 34.6 Å². The molecule has 288 valence electrons. The highest BCUT2D eigenvalue weighted by Gasteiger charge is 2.54. The molecule has 49 heavy (non-hydrogen) atoms. The van der Waals surface area contributed by atoms with E-state index in [1.807, 2.05) is 0 Å². The Hall–Kier alpha value is -0.770. The molecule has 21 heteroatoms. The fourth-order valence-electron chi connectivity index (χ4n) is 6.79. The maximum absolute atomic E-state index is 12.7. The van der Waals surface area contributed by atoms with Gasteiger partial charge in [-0.25, -0.2) is 8.42 Å². The van der Waals surface area contributed by atoms with E-state index in [0.717, 1.165) is 0 Å². The molecule has 0 spiro atoms. The van der Waals surface area contributed by atoms with E-state index >= 15 is 0 Å². The second-order valence-electron chi connectivity index (χ2n) is 13.2. The van der Waals surface area contributed by atoms with Gasteiger partial charge in [-0.3, -0.25) is 0 Å². The average molecular weight is 733 g/mol. The normalized spacial score (nSPS) is 45.1. The molecule has 3 saturated heterocycles. The minimum atomic E-state index is -3.69. The van der Waals surface area contributed by atoms with Gasteiger partial charge in [-0.2, -0.15) is 0 Å². The van der Waals surface area contributed by atoms with Gasteiger partial charge in [0.2, 0.25) is 0 Å². The molecule has 3 heterocycles. The number of hydrogen-bond acceptors (Lipinski definition) is 20. The first-order chi connectivity index (χ1) is 23.2. The van der Waals surface area contributed by atoms with Gasteiger partial charge in [-0.15, -0.1) is 0 Å². The van der Waals surface area contributed by atoms with Crippen LogP contribution in [-0.4, -0.2) is 188 Å². The minimum Gasteiger partial charge on any atom is -0.395 e. The monoisotopic (exact) mass is 732 g/mol. The third kappa shape index (κ3) is 10.0. The molecule has 17 N–H and O–H groups in total. The second-order valence-corrected chi connectivity index (χ2v) is 15.4. The number of aliphatic hydroxyl groups excluding tert-OH is 6. The maximum Gasteiger partial charge on any atom is 0.187 e. The van der Waals surface area contributed by atoms with Crippen LogP contribution in [0.4, 0.5) is 0 Å². The first kappa shape index (κ1) is 41.0. The van der Waals surface area contributed by atoms with E-state index in [9.17, 15) is 34.0 Å². The number of hydrogen-bond donors (Lipinski definition) is 12. The van der Waals surface area contributed by atoms with Crippen LogP contribution in [-0.2, 0) is 38.3 Å². The molecule has 0 radical (unpaired) electrons. The van der Waals surface area contributed by atoms with E-state index < -0.39 is 120 Å². The van der Waals surface area contributed by atoms with Crippen molar-refractivity contribution in [3.05, 3.63) is 0 Å². The third-order valence-corrected chi connectivity index (χ3v) is 11.3. The van der Waals surface area contributed by atoms with Crippen molar-refractivity contribution in [3.63, 3.8) is 0 Å². The molecule has 3 aliphatic heterocycles. The third-order valence-electron chi connectivity index (χ3n) is 9.52. The van der Waals surface area contributed by atoms with Crippen LogP contribution in [0.3, 0.4) is 0 Å². The Labute approximate surface area is 285 Å². The number of sulfone groups is 1. The molecule has 17 atom stereocenters. The Morgan fingerprint density at radius 3 is 2.08 bits per heavy atom. The molecule has 0 aromatic carbocycles. The van der Waals surface area contributed by atoms with E-state index in [0.29, 0.717) is 25.9 Å². The van der Waals surface area contributed by atoms with Crippen molar-refractivity contribution >= 4 is 9.84 Å². The smallest absolute Gasteiger partial charge is 0.187 e. The Morgan fingerprint density at radius 1 is 0.755 bits per heavy atom. The molecule has 4 rings (SSSR count). The van der Waals surface area contributed by atoms with Gasteiger partial charge in [-0.05, 0) is 19.3 Å². The van der Waals surface area contributed by atoms with E-state index in [4.69, 9.17) is 62.2 Å². The van der Waals surface area contributed by atoms with Gasteiger partial charge in [0.05, 0.1) is 49.0 Å². The van der Waals surface area contributed by atoms with Gasteiger partial charge in [0, 0.05) is 38.1 Å². The largest absolute Gasteiger partial charge is 0.395 e. The van der Waals surface area contributed by atoms with Crippen LogP contribution >= 0.6 is 0 Å². The summed E-state index contributed by atoms with van der Waals surface area (Å²) < 4.78 is 61.3. The first-order valence-electron chi connectivity index (χ1n) is 16.7. The van der Waals surface area contributed by atoms with Gasteiger partial charge in [0.25, 0.3) is 0 Å². The standard InChI is InChI=1S/C28H56N6O14S/c29-3-6-49(41,42)11-12-7-15(32)23(46-26-14(31)2-1-13(43-26)9-34-4-5-35)25(19(12)37)48-28-22(40)24(17(10-36)45-28)47-27-18(33)21(39)20(38)16(8-30)44-27/h12-28,34-40H,1-11,29-33H2/t12-,13-,14+,15-,16-,17+,18+,19-,20+,21+,22+,23+,24+,25+,26+,27+,28-/m0/s1. The lowest BCUT2D eigenvalue weighted by Gasteiger charge is -2.46. The number of nitrogens with two attached hydrogens (primary N) is 5. The molecule has 0 bridgehead atoms. The molecule has 0 aromatic heterocycles. The highest BCUT2D eigenvalue weighted by Crippen LogP contribution is 2.36. The second kappa shape index (κ2) is 18.3. The van der Waals surface area contributed by atoms with Gasteiger partial charge in [-0.1, -0.05) is 0 Å². The van der Waals surface area contributed by atoms with E-state index in [2.05, 4.69) is 5.32 Å². The molecular formula is C28H56N6O14S. The van der Waals surface area contributed by atoms with Gasteiger partial charge in [0.15, 0.2) is 28.7 Å². The highest BCUT2D eigenvalue weighted by molar-refractivity contribution is 7.91. The first-order valence-corrected chi connectivity index (χ1v) is 18.5. The number of rotatable bonds is 16. The van der Waals surface area contributed by atoms with Crippen LogP contribution in [0.1, 0.15) is 19.3 Å². The van der Waals surface area contributed by atoms with Crippen molar-refractivity contribution in [1.82, 2.24) is 5.32 Å². The van der Waals surface area contributed by atoms with Crippen LogP contribution in [0, 0.1) is 5.92 Å². The van der Waals surface area contributed by atoms with E-state index in [-0.39, 0.29) is 38.0 Å². The van der Waals surface area contributed by atoms with Crippen molar-refractivity contribution in [2.45, 2.75) is 117 Å². The quantitative estimate of drug-likeness (QED) is 0.0656. The average Bonchev–Trinajstić information content (AvgIpc) is 3.35. The molecule has 0 amide bonds. The van der Waals surface area contributed by atoms with Crippen molar-refractivity contribution in [2.75, 3.05) is 50.9 Å². The molecule has 4 fully saturated rings. The zero-order valence-electron chi connectivity index (χ0n) is 27.3. The van der Waals surface area contributed by atoms with Crippen molar-refractivity contribution in [3.8, 4) is 0 Å². The van der Waals surface area contributed by atoms with Crippen LogP contribution < -0.4 is 34.0 Å².